The van der Waals surface area contributed by atoms with Crippen LogP contribution in [0.4, 0.5) is 0 Å². The van der Waals surface area contributed by atoms with Crippen molar-refractivity contribution >= 4 is 23.9 Å². The molecule has 0 saturated heterocycles. The quantitative estimate of drug-likeness (QED) is 0.481. The first kappa shape index (κ1) is 15.9. The molecule has 0 saturated carbocycles. The fourth-order valence-electron chi connectivity index (χ4n) is 0. The van der Waals surface area contributed by atoms with Gasteiger partial charge in [0.15, 0.2) is 0 Å². The van der Waals surface area contributed by atoms with Crippen LogP contribution in [0.25, 0.3) is 0 Å². The van der Waals surface area contributed by atoms with Gasteiger partial charge in [-0.2, -0.15) is 0 Å². The molecule has 48 valence electrons. The molecule has 0 rings (SSSR count). The molecule has 2 nitrogen and oxygen atoms in total. The number of hydrogen-bond acceptors (Lipinski definition) is 2. The van der Waals surface area contributed by atoms with Crippen LogP contribution >= 0.6 is 0 Å². The Kier molecular flexibility index (Phi) is 31.1. The van der Waals surface area contributed by atoms with Crippen molar-refractivity contribution in [3.05, 3.63) is 0 Å². The van der Waals surface area contributed by atoms with Gasteiger partial charge in [-0.25, -0.2) is 0 Å². The smallest absolute Gasteiger partial charge is 0.855 e. The minimum atomic E-state index is -0.417. The molecule has 0 amide bonds. The van der Waals surface area contributed by atoms with Crippen molar-refractivity contribution in [3.8, 4) is 0 Å². The van der Waals surface area contributed by atoms with Crippen molar-refractivity contribution in [2.45, 2.75) is 26.9 Å². The van der Waals surface area contributed by atoms with Crippen LogP contribution in [0.3, 0.4) is 0 Å². The molecular weight excluding hydrogens is 211 g/mol. The Hall–Kier alpha value is 0.719. The van der Waals surface area contributed by atoms with Crippen molar-refractivity contribution in [3.63, 3.8) is 0 Å². The molecule has 0 fully saturated rings. The molecular formula is C5H12O2Sn. The van der Waals surface area contributed by atoms with Gasteiger partial charge in [-0.1, -0.05) is 20.8 Å². The molecule has 2 radical (unpaired) electrons. The average Bonchev–Trinajstić information content (AvgIpc) is 1.33. The second kappa shape index (κ2) is 15.6. The Morgan fingerprint density at radius 3 is 1.38 bits per heavy atom. The Balaban J connectivity index is -0.0000000575. The van der Waals surface area contributed by atoms with Crippen LogP contribution in [-0.4, -0.2) is 36.6 Å². The molecule has 0 aliphatic heterocycles. The Morgan fingerprint density at radius 1 is 1.38 bits per heavy atom. The Labute approximate surface area is 67.9 Å². The van der Waals surface area contributed by atoms with Gasteiger partial charge in [0, 0.05) is 0 Å². The summed E-state index contributed by atoms with van der Waals surface area (Å²) in [6.45, 7) is 4.79. The molecule has 0 aromatic heterocycles. The third kappa shape index (κ3) is 425. The summed E-state index contributed by atoms with van der Waals surface area (Å²) in [6, 6.07) is 0. The van der Waals surface area contributed by atoms with Crippen molar-refractivity contribution in [1.82, 2.24) is 0 Å². The predicted molar refractivity (Wildman–Crippen MR) is 31.4 cm³/mol. The van der Waals surface area contributed by atoms with Crippen LogP contribution in [0.2, 0.25) is 0 Å². The number of hydrogen-bond donors (Lipinski definition) is 0. The van der Waals surface area contributed by atoms with Gasteiger partial charge in [-0.15, -0.1) is 12.7 Å². The van der Waals surface area contributed by atoms with Crippen LogP contribution in [0.1, 0.15) is 20.8 Å². The summed E-state index contributed by atoms with van der Waals surface area (Å²) in [5.74, 6) is 0. The molecule has 0 aliphatic carbocycles. The fourth-order valence-corrected chi connectivity index (χ4v) is 0. The molecule has 0 aromatic rings. The fraction of sp³-hybridized carbons (Fsp3) is 1.00. The predicted octanol–water partition coefficient (Wildman–Crippen LogP) is -1.26. The zero-order valence-corrected chi connectivity index (χ0v) is 8.46. The standard InChI is InChI=1S/C3H7O.C2H5O.Sn/c1-3(2)4;1-2-3;/h3H,1-2H3;2H2,1H3;/q2*-1;+2. The topological polar surface area (TPSA) is 46.1 Å². The van der Waals surface area contributed by atoms with Gasteiger partial charge < -0.3 is 10.2 Å². The van der Waals surface area contributed by atoms with E-state index in [2.05, 4.69) is 0 Å². The van der Waals surface area contributed by atoms with Gasteiger partial charge in [0.05, 0.1) is 0 Å². The molecule has 3 heteroatoms. The minimum absolute atomic E-state index is 0. The summed E-state index contributed by atoms with van der Waals surface area (Å²) in [6.07, 6.45) is -0.417. The SMILES string of the molecule is CC(C)[O-].CC[O-].[Sn+2]. The molecule has 0 aromatic carbocycles. The summed E-state index contributed by atoms with van der Waals surface area (Å²) in [7, 11) is 0. The van der Waals surface area contributed by atoms with E-state index in [0.29, 0.717) is 0 Å². The largest absolute Gasteiger partial charge is 2.00 e. The van der Waals surface area contributed by atoms with Gasteiger partial charge in [0.1, 0.15) is 0 Å². The molecule has 0 spiro atoms. The van der Waals surface area contributed by atoms with Crippen LogP contribution in [-0.2, 0) is 0 Å². The third-order valence-corrected chi connectivity index (χ3v) is 0. The van der Waals surface area contributed by atoms with E-state index in [4.69, 9.17) is 5.11 Å². The molecule has 0 aliphatic rings. The first-order valence-corrected chi connectivity index (χ1v) is 2.39. The van der Waals surface area contributed by atoms with Crippen molar-refractivity contribution in [2.75, 3.05) is 6.61 Å². The van der Waals surface area contributed by atoms with E-state index in [1.54, 1.807) is 20.8 Å². The molecule has 0 heterocycles. The average molecular weight is 223 g/mol. The monoisotopic (exact) mass is 224 g/mol. The molecule has 0 atom stereocenters. The zero-order chi connectivity index (χ0) is 6.28. The van der Waals surface area contributed by atoms with Crippen LogP contribution in [0.5, 0.6) is 0 Å². The summed E-state index contributed by atoms with van der Waals surface area (Å²) in [4.78, 5) is 0. The van der Waals surface area contributed by atoms with E-state index in [-0.39, 0.29) is 30.5 Å². The van der Waals surface area contributed by atoms with Crippen LogP contribution in [0.15, 0.2) is 0 Å². The van der Waals surface area contributed by atoms with Crippen LogP contribution < -0.4 is 10.2 Å². The van der Waals surface area contributed by atoms with Gasteiger partial charge >= 0.3 is 23.9 Å². The summed E-state index contributed by atoms with van der Waals surface area (Å²) >= 11 is 0. The molecule has 0 unspecified atom stereocenters. The molecule has 0 N–H and O–H groups in total. The third-order valence-electron chi connectivity index (χ3n) is 0. The van der Waals surface area contributed by atoms with Crippen LogP contribution in [0, 0.1) is 0 Å². The van der Waals surface area contributed by atoms with E-state index in [1.807, 2.05) is 0 Å². The van der Waals surface area contributed by atoms with Crippen molar-refractivity contribution < 1.29 is 10.2 Å². The summed E-state index contributed by atoms with van der Waals surface area (Å²) < 4.78 is 0. The maximum Gasteiger partial charge on any atom is 2.00 e. The van der Waals surface area contributed by atoms with E-state index >= 15 is 0 Å². The van der Waals surface area contributed by atoms with Gasteiger partial charge in [0.2, 0.25) is 0 Å². The first-order chi connectivity index (χ1) is 3.15. The van der Waals surface area contributed by atoms with E-state index in [1.165, 1.54) is 0 Å². The first-order valence-electron chi connectivity index (χ1n) is 2.39. The molecule has 0 bridgehead atoms. The number of rotatable bonds is 0. The second-order valence-electron chi connectivity index (χ2n) is 1.34. The molecule has 8 heavy (non-hydrogen) atoms. The van der Waals surface area contributed by atoms with Crippen molar-refractivity contribution in [2.24, 2.45) is 0 Å². The van der Waals surface area contributed by atoms with Gasteiger partial charge in [0.25, 0.3) is 0 Å². The second-order valence-corrected chi connectivity index (χ2v) is 1.34. The maximum atomic E-state index is 9.53. The van der Waals surface area contributed by atoms with Crippen molar-refractivity contribution in [1.29, 1.82) is 0 Å². The van der Waals surface area contributed by atoms with E-state index in [9.17, 15) is 5.11 Å². The maximum absolute atomic E-state index is 9.53. The Bertz CT molecular complexity index is 21.6. The van der Waals surface area contributed by atoms with E-state index < -0.39 is 6.10 Å². The Morgan fingerprint density at radius 2 is 1.38 bits per heavy atom. The van der Waals surface area contributed by atoms with E-state index in [0.717, 1.165) is 0 Å². The summed E-state index contributed by atoms with van der Waals surface area (Å²) in [5, 5.41) is 18.5. The zero-order valence-electron chi connectivity index (χ0n) is 5.60. The normalized spacial score (nSPS) is 6.75. The summed E-state index contributed by atoms with van der Waals surface area (Å²) in [5.41, 5.74) is 0. The minimum Gasteiger partial charge on any atom is -0.855 e. The van der Waals surface area contributed by atoms with Gasteiger partial charge in [-0.3, -0.25) is 0 Å². The van der Waals surface area contributed by atoms with Gasteiger partial charge in [-0.05, 0) is 0 Å².